The van der Waals surface area contributed by atoms with E-state index in [-0.39, 0.29) is 17.3 Å². The van der Waals surface area contributed by atoms with Crippen molar-refractivity contribution in [3.05, 3.63) is 70.9 Å². The highest BCUT2D eigenvalue weighted by molar-refractivity contribution is 6.48. The molecule has 1 aliphatic rings. The predicted molar refractivity (Wildman–Crippen MR) is 96.1 cm³/mol. The number of benzene rings is 2. The van der Waals surface area contributed by atoms with Gasteiger partial charge in [-0.15, -0.1) is 0 Å². The highest BCUT2D eigenvalue weighted by atomic mass is 35.5. The average molecular weight is 357 g/mol. The van der Waals surface area contributed by atoms with E-state index in [4.69, 9.17) is 16.3 Å². The Hall–Kier alpha value is -2.79. The van der Waals surface area contributed by atoms with Crippen LogP contribution in [0.25, 0.3) is 0 Å². The van der Waals surface area contributed by atoms with E-state index in [1.165, 1.54) is 0 Å². The molecular formula is C19H17ClN2O3. The van der Waals surface area contributed by atoms with Crippen LogP contribution in [0.1, 0.15) is 12.5 Å². The topological polar surface area (TPSA) is 58.6 Å². The molecule has 0 aliphatic carbocycles. The van der Waals surface area contributed by atoms with Gasteiger partial charge in [0, 0.05) is 5.69 Å². The average Bonchev–Trinajstić information content (AvgIpc) is 2.82. The molecule has 0 saturated heterocycles. The van der Waals surface area contributed by atoms with Gasteiger partial charge in [-0.25, -0.2) is 0 Å². The van der Waals surface area contributed by atoms with Crippen LogP contribution in [0.4, 0.5) is 5.69 Å². The third kappa shape index (κ3) is 3.67. The highest BCUT2D eigenvalue weighted by Crippen LogP contribution is 2.27. The molecule has 0 aromatic heterocycles. The number of hydrogen-bond acceptors (Lipinski definition) is 4. The lowest BCUT2D eigenvalue weighted by Crippen LogP contribution is -2.31. The first-order valence-electron chi connectivity index (χ1n) is 7.90. The van der Waals surface area contributed by atoms with E-state index in [1.807, 2.05) is 37.3 Å². The Balaban J connectivity index is 1.75. The van der Waals surface area contributed by atoms with Gasteiger partial charge in [0.05, 0.1) is 13.2 Å². The van der Waals surface area contributed by atoms with Crippen LogP contribution in [0.3, 0.4) is 0 Å². The van der Waals surface area contributed by atoms with Crippen molar-refractivity contribution in [3.63, 3.8) is 0 Å². The van der Waals surface area contributed by atoms with Gasteiger partial charge in [0.15, 0.2) is 0 Å². The Morgan fingerprint density at radius 2 is 1.68 bits per heavy atom. The lowest BCUT2D eigenvalue weighted by molar-refractivity contribution is -0.138. The molecule has 2 aromatic carbocycles. The van der Waals surface area contributed by atoms with Crippen LogP contribution < -0.4 is 10.1 Å². The molecule has 128 valence electrons. The van der Waals surface area contributed by atoms with Gasteiger partial charge in [-0.05, 0) is 36.8 Å². The quantitative estimate of drug-likeness (QED) is 0.804. The molecule has 0 bridgehead atoms. The molecule has 1 aliphatic heterocycles. The van der Waals surface area contributed by atoms with Crippen molar-refractivity contribution in [1.82, 2.24) is 4.90 Å². The Morgan fingerprint density at radius 1 is 1.00 bits per heavy atom. The fourth-order valence-electron chi connectivity index (χ4n) is 2.51. The fraction of sp³-hybridized carbons (Fsp3) is 0.158. The van der Waals surface area contributed by atoms with E-state index >= 15 is 0 Å². The third-order valence-corrected chi connectivity index (χ3v) is 4.08. The summed E-state index contributed by atoms with van der Waals surface area (Å²) in [4.78, 5) is 26.0. The summed E-state index contributed by atoms with van der Waals surface area (Å²) in [5.41, 5.74) is 1.60. The number of carbonyl (C=O) groups excluding carboxylic acids is 2. The first-order valence-corrected chi connectivity index (χ1v) is 8.27. The number of halogens is 1. The molecular weight excluding hydrogens is 340 g/mol. The second-order valence-electron chi connectivity index (χ2n) is 5.45. The predicted octanol–water partition coefficient (Wildman–Crippen LogP) is 3.52. The van der Waals surface area contributed by atoms with Gasteiger partial charge in [-0.3, -0.25) is 14.5 Å². The summed E-state index contributed by atoms with van der Waals surface area (Å²) < 4.78 is 5.38. The van der Waals surface area contributed by atoms with E-state index in [0.29, 0.717) is 12.3 Å². The summed E-state index contributed by atoms with van der Waals surface area (Å²) in [6.07, 6.45) is 0. The minimum absolute atomic E-state index is 0.0896. The van der Waals surface area contributed by atoms with Crippen molar-refractivity contribution in [2.24, 2.45) is 0 Å². The lowest BCUT2D eigenvalue weighted by Gasteiger charge is -2.15. The van der Waals surface area contributed by atoms with Crippen molar-refractivity contribution in [3.8, 4) is 5.75 Å². The number of nitrogens with zero attached hydrogens (tertiary/aromatic N) is 1. The zero-order chi connectivity index (χ0) is 17.8. The zero-order valence-electron chi connectivity index (χ0n) is 13.7. The molecule has 0 atom stereocenters. The molecule has 0 unspecified atom stereocenters. The Bertz CT molecular complexity index is 816. The van der Waals surface area contributed by atoms with E-state index in [2.05, 4.69) is 5.32 Å². The van der Waals surface area contributed by atoms with Crippen LogP contribution in [0, 0.1) is 0 Å². The molecule has 25 heavy (non-hydrogen) atoms. The molecule has 2 amide bonds. The molecule has 0 spiro atoms. The summed E-state index contributed by atoms with van der Waals surface area (Å²) >= 11 is 6.10. The number of nitrogens with one attached hydrogen (secondary N) is 1. The third-order valence-electron chi connectivity index (χ3n) is 3.73. The van der Waals surface area contributed by atoms with Crippen LogP contribution in [0.5, 0.6) is 5.75 Å². The van der Waals surface area contributed by atoms with Gasteiger partial charge >= 0.3 is 0 Å². The number of carbonyl (C=O) groups is 2. The maximum atomic E-state index is 12.6. The Morgan fingerprint density at radius 3 is 2.32 bits per heavy atom. The summed E-state index contributed by atoms with van der Waals surface area (Å²) in [5, 5.41) is 2.83. The zero-order valence-corrected chi connectivity index (χ0v) is 14.4. The summed E-state index contributed by atoms with van der Waals surface area (Å²) in [7, 11) is 0. The maximum absolute atomic E-state index is 12.6. The number of imide groups is 1. The van der Waals surface area contributed by atoms with Crippen LogP contribution >= 0.6 is 11.6 Å². The largest absolute Gasteiger partial charge is 0.494 e. The Kier molecular flexibility index (Phi) is 5.05. The van der Waals surface area contributed by atoms with Crippen LogP contribution in [-0.4, -0.2) is 23.3 Å². The molecule has 0 fully saturated rings. The van der Waals surface area contributed by atoms with E-state index in [1.54, 1.807) is 24.3 Å². The first kappa shape index (κ1) is 17.0. The van der Waals surface area contributed by atoms with Crippen LogP contribution in [0.15, 0.2) is 65.3 Å². The number of hydrogen-bond donors (Lipinski definition) is 1. The minimum atomic E-state index is -0.496. The van der Waals surface area contributed by atoms with E-state index in [9.17, 15) is 9.59 Å². The van der Waals surface area contributed by atoms with Crippen molar-refractivity contribution in [1.29, 1.82) is 0 Å². The molecule has 0 saturated carbocycles. The van der Waals surface area contributed by atoms with Gasteiger partial charge in [-0.1, -0.05) is 41.9 Å². The number of anilines is 1. The molecule has 6 heteroatoms. The molecule has 1 N–H and O–H groups in total. The number of rotatable bonds is 6. The molecule has 1 heterocycles. The van der Waals surface area contributed by atoms with Gasteiger partial charge in [-0.2, -0.15) is 0 Å². The van der Waals surface area contributed by atoms with Gasteiger partial charge in [0.25, 0.3) is 11.8 Å². The molecule has 5 nitrogen and oxygen atoms in total. The Labute approximate surface area is 150 Å². The van der Waals surface area contributed by atoms with Crippen LogP contribution in [-0.2, 0) is 16.1 Å². The van der Waals surface area contributed by atoms with Crippen molar-refractivity contribution in [2.75, 3.05) is 11.9 Å². The highest BCUT2D eigenvalue weighted by Gasteiger charge is 2.37. The van der Waals surface area contributed by atoms with Crippen molar-refractivity contribution in [2.45, 2.75) is 13.5 Å². The molecule has 3 rings (SSSR count). The summed E-state index contributed by atoms with van der Waals surface area (Å²) in [6, 6.07) is 16.4. The second-order valence-corrected chi connectivity index (χ2v) is 5.83. The maximum Gasteiger partial charge on any atom is 0.279 e. The number of ether oxygens (including phenoxy) is 1. The smallest absolute Gasteiger partial charge is 0.279 e. The number of amides is 2. The second kappa shape index (κ2) is 7.40. The first-order chi connectivity index (χ1) is 12.1. The lowest BCUT2D eigenvalue weighted by atomic mass is 10.2. The molecule has 0 radical (unpaired) electrons. The van der Waals surface area contributed by atoms with E-state index < -0.39 is 11.8 Å². The minimum Gasteiger partial charge on any atom is -0.494 e. The van der Waals surface area contributed by atoms with E-state index in [0.717, 1.165) is 16.2 Å². The van der Waals surface area contributed by atoms with Crippen molar-refractivity contribution < 1.29 is 14.3 Å². The monoisotopic (exact) mass is 356 g/mol. The van der Waals surface area contributed by atoms with Crippen molar-refractivity contribution >= 4 is 29.1 Å². The van der Waals surface area contributed by atoms with Gasteiger partial charge in [0.1, 0.15) is 16.5 Å². The summed E-state index contributed by atoms with van der Waals surface area (Å²) in [5.74, 6) is -0.204. The van der Waals surface area contributed by atoms with Crippen LogP contribution in [0.2, 0.25) is 0 Å². The summed E-state index contributed by atoms with van der Waals surface area (Å²) in [6.45, 7) is 2.66. The SMILES string of the molecule is CCOc1ccc(NC2=C(Cl)C(=O)N(Cc3ccccc3)C2=O)cc1. The normalized spacial score (nSPS) is 14.2. The fourth-order valence-corrected chi connectivity index (χ4v) is 2.74. The molecule has 2 aromatic rings. The standard InChI is InChI=1S/C19H17ClN2O3/c1-2-25-15-10-8-14(9-11-15)21-17-16(20)18(23)22(19(17)24)12-13-6-4-3-5-7-13/h3-11,21H,2,12H2,1H3. The van der Waals surface area contributed by atoms with Gasteiger partial charge < -0.3 is 10.1 Å². The van der Waals surface area contributed by atoms with Gasteiger partial charge in [0.2, 0.25) is 0 Å².